The van der Waals surface area contributed by atoms with E-state index in [1.54, 1.807) is 38.4 Å². The Bertz CT molecular complexity index is 1240. The fourth-order valence-corrected chi connectivity index (χ4v) is 5.44. The largest absolute Gasteiger partial charge is 0.507 e. The topological polar surface area (TPSA) is 94.7 Å². The van der Waals surface area contributed by atoms with Gasteiger partial charge in [-0.2, -0.15) is 0 Å². The van der Waals surface area contributed by atoms with Gasteiger partial charge in [-0.1, -0.05) is 0 Å². The molecule has 9 heteroatoms. The van der Waals surface area contributed by atoms with Crippen LogP contribution in [0, 0.1) is 0 Å². The van der Waals surface area contributed by atoms with E-state index in [4.69, 9.17) is 4.42 Å². The van der Waals surface area contributed by atoms with Crippen LogP contribution in [0.2, 0.25) is 0 Å². The van der Waals surface area contributed by atoms with Gasteiger partial charge in [0.1, 0.15) is 17.5 Å². The predicted molar refractivity (Wildman–Crippen MR) is 126 cm³/mol. The summed E-state index contributed by atoms with van der Waals surface area (Å²) in [5, 5.41) is 23.5. The zero-order valence-corrected chi connectivity index (χ0v) is 19.2. The number of hydrogen-bond donors (Lipinski definition) is 2. The molecule has 6 rings (SSSR count). The van der Waals surface area contributed by atoms with Crippen molar-refractivity contribution in [1.82, 2.24) is 20.4 Å². The van der Waals surface area contributed by atoms with Crippen LogP contribution >= 0.6 is 0 Å². The Morgan fingerprint density at radius 1 is 1.15 bits per heavy atom. The zero-order chi connectivity index (χ0) is 23.6. The fraction of sp³-hybridized carbons (Fsp3) is 0.480. The molecule has 2 unspecified atom stereocenters. The number of furan rings is 1. The molecule has 1 saturated carbocycles. The lowest BCUT2D eigenvalue weighted by molar-refractivity contribution is 0.0799. The molecule has 3 fully saturated rings. The van der Waals surface area contributed by atoms with E-state index in [1.807, 2.05) is 6.07 Å². The number of hydrogen-bond acceptors (Lipinski definition) is 7. The van der Waals surface area contributed by atoms with Crippen LogP contribution in [-0.4, -0.2) is 70.5 Å². The molecular weight excluding hydrogens is 437 g/mol. The van der Waals surface area contributed by atoms with Crippen molar-refractivity contribution in [1.29, 1.82) is 0 Å². The summed E-state index contributed by atoms with van der Waals surface area (Å²) >= 11 is 0. The van der Waals surface area contributed by atoms with Gasteiger partial charge in [0, 0.05) is 43.2 Å². The summed E-state index contributed by atoms with van der Waals surface area (Å²) in [4.78, 5) is 15.8. The number of carbonyl (C=O) groups excluding carboxylic acids is 1. The number of nitrogens with one attached hydrogen (secondary N) is 1. The first-order chi connectivity index (χ1) is 16.4. The number of aromatic nitrogens is 2. The number of halogens is 1. The Balaban J connectivity index is 1.30. The minimum absolute atomic E-state index is 0.0250. The van der Waals surface area contributed by atoms with Crippen LogP contribution in [-0.2, 0) is 0 Å². The summed E-state index contributed by atoms with van der Waals surface area (Å²) in [5.41, 5.74) is 1.43. The second kappa shape index (κ2) is 7.94. The van der Waals surface area contributed by atoms with E-state index in [1.165, 1.54) is 4.90 Å². The molecule has 3 aromatic rings. The van der Waals surface area contributed by atoms with E-state index < -0.39 is 6.17 Å². The van der Waals surface area contributed by atoms with Crippen LogP contribution in [0.3, 0.4) is 0 Å². The van der Waals surface area contributed by atoms with Gasteiger partial charge in [0.05, 0.1) is 11.7 Å². The van der Waals surface area contributed by atoms with Gasteiger partial charge in [0.25, 0.3) is 5.91 Å². The highest BCUT2D eigenvalue weighted by atomic mass is 19.1. The predicted octanol–water partition coefficient (Wildman–Crippen LogP) is 3.50. The van der Waals surface area contributed by atoms with Crippen molar-refractivity contribution in [3.8, 4) is 17.0 Å². The van der Waals surface area contributed by atoms with Gasteiger partial charge in [-0.3, -0.25) is 4.79 Å². The van der Waals surface area contributed by atoms with Gasteiger partial charge in [0.2, 0.25) is 0 Å². The third-order valence-corrected chi connectivity index (χ3v) is 7.29. The molecule has 1 aromatic carbocycles. The lowest BCUT2D eigenvalue weighted by atomic mass is 9.95. The number of aromatic hydroxyl groups is 1. The molecule has 4 atom stereocenters. The second-order valence-electron chi connectivity index (χ2n) is 9.93. The molecule has 8 nitrogen and oxygen atoms in total. The van der Waals surface area contributed by atoms with E-state index in [9.17, 15) is 9.90 Å². The number of anilines is 1. The number of piperidine rings is 1. The molecule has 2 N–H and O–H groups in total. The maximum absolute atomic E-state index is 15.3. The highest BCUT2D eigenvalue weighted by Crippen LogP contribution is 2.40. The fourth-order valence-electron chi connectivity index (χ4n) is 5.44. The first kappa shape index (κ1) is 21.3. The third kappa shape index (κ3) is 3.58. The lowest BCUT2D eigenvalue weighted by Crippen LogP contribution is -2.57. The summed E-state index contributed by atoms with van der Waals surface area (Å²) in [6.07, 6.45) is 3.86. The SMILES string of the molecule is CN(C)C(=O)c1cc2cc(O)c(-c3ccc(N(C4CC4)[C@@H]4CC5CCC(N5)[C@@H]4F)nn3)cc2o1. The molecule has 178 valence electrons. The van der Waals surface area contributed by atoms with E-state index >= 15 is 4.39 Å². The first-order valence-electron chi connectivity index (χ1n) is 11.9. The van der Waals surface area contributed by atoms with Gasteiger partial charge in [0.15, 0.2) is 11.6 Å². The number of fused-ring (bicyclic) bond motifs is 3. The quantitative estimate of drug-likeness (QED) is 0.596. The van der Waals surface area contributed by atoms with E-state index in [0.29, 0.717) is 40.1 Å². The second-order valence-corrected chi connectivity index (χ2v) is 9.93. The molecule has 34 heavy (non-hydrogen) atoms. The van der Waals surface area contributed by atoms with Crippen molar-refractivity contribution in [2.24, 2.45) is 0 Å². The molecule has 2 saturated heterocycles. The molecule has 2 bridgehead atoms. The van der Waals surface area contributed by atoms with Crippen LogP contribution in [0.5, 0.6) is 5.75 Å². The minimum atomic E-state index is -0.926. The highest BCUT2D eigenvalue weighted by molar-refractivity contribution is 5.97. The Labute approximate surface area is 196 Å². The maximum atomic E-state index is 15.3. The lowest BCUT2D eigenvalue weighted by Gasteiger charge is -2.41. The summed E-state index contributed by atoms with van der Waals surface area (Å²) in [6, 6.07) is 8.93. The van der Waals surface area contributed by atoms with Crippen LogP contribution in [0.25, 0.3) is 22.2 Å². The third-order valence-electron chi connectivity index (χ3n) is 7.29. The summed E-state index contributed by atoms with van der Waals surface area (Å²) < 4.78 is 21.0. The highest BCUT2D eigenvalue weighted by Gasteiger charge is 2.48. The molecule has 4 heterocycles. The summed E-state index contributed by atoms with van der Waals surface area (Å²) in [5.74, 6) is 0.656. The summed E-state index contributed by atoms with van der Waals surface area (Å²) in [6.45, 7) is 0. The van der Waals surface area contributed by atoms with E-state index in [0.717, 1.165) is 32.1 Å². The van der Waals surface area contributed by atoms with Gasteiger partial charge < -0.3 is 24.6 Å². The van der Waals surface area contributed by atoms with Crippen LogP contribution < -0.4 is 10.2 Å². The number of alkyl halides is 1. The smallest absolute Gasteiger partial charge is 0.289 e. The van der Waals surface area contributed by atoms with Gasteiger partial charge in [-0.15, -0.1) is 10.2 Å². The zero-order valence-electron chi connectivity index (χ0n) is 19.2. The van der Waals surface area contributed by atoms with Crippen LogP contribution in [0.1, 0.15) is 42.7 Å². The van der Waals surface area contributed by atoms with Crippen molar-refractivity contribution in [3.63, 3.8) is 0 Å². The van der Waals surface area contributed by atoms with Crippen molar-refractivity contribution < 1.29 is 18.7 Å². The number of benzene rings is 1. The Hall–Kier alpha value is -3.20. The molecule has 3 aliphatic rings. The van der Waals surface area contributed by atoms with Crippen molar-refractivity contribution in [3.05, 3.63) is 36.1 Å². The molecule has 2 aliphatic heterocycles. The molecule has 0 radical (unpaired) electrons. The van der Waals surface area contributed by atoms with Crippen LogP contribution in [0.15, 0.2) is 34.7 Å². The average Bonchev–Trinajstić information content (AvgIpc) is 3.44. The number of rotatable bonds is 5. The first-order valence-corrected chi connectivity index (χ1v) is 11.9. The van der Waals surface area contributed by atoms with Crippen molar-refractivity contribution in [2.45, 2.75) is 62.4 Å². The standard InChI is InChI=1S/C25H28FN5O3/c1-30(2)25(33)22-10-13-9-20(32)16(12-21(13)34-22)17-7-8-23(29-28-17)31(15-4-5-15)19-11-14-3-6-18(27-14)24(19)26/h7-10,12,14-15,18-19,24,27,32H,3-6,11H2,1-2H3/t14?,18?,19-,24+/m1/s1. The van der Waals surface area contributed by atoms with Gasteiger partial charge >= 0.3 is 0 Å². The van der Waals surface area contributed by atoms with Crippen molar-refractivity contribution in [2.75, 3.05) is 19.0 Å². The van der Waals surface area contributed by atoms with Gasteiger partial charge in [-0.25, -0.2) is 4.39 Å². The maximum Gasteiger partial charge on any atom is 0.289 e. The average molecular weight is 466 g/mol. The van der Waals surface area contributed by atoms with Crippen molar-refractivity contribution >= 4 is 22.7 Å². The normalized spacial score (nSPS) is 26.1. The van der Waals surface area contributed by atoms with Gasteiger partial charge in [-0.05, 0) is 62.4 Å². The number of amides is 1. The number of carbonyl (C=O) groups is 1. The summed E-state index contributed by atoms with van der Waals surface area (Å²) in [7, 11) is 3.31. The Morgan fingerprint density at radius 3 is 2.68 bits per heavy atom. The van der Waals surface area contributed by atoms with E-state index in [-0.39, 0.29) is 29.5 Å². The Morgan fingerprint density at radius 2 is 1.97 bits per heavy atom. The van der Waals surface area contributed by atoms with Crippen LogP contribution in [0.4, 0.5) is 10.2 Å². The molecular formula is C25H28FN5O3. The number of nitrogens with zero attached hydrogens (tertiary/aromatic N) is 4. The molecule has 2 aromatic heterocycles. The van der Waals surface area contributed by atoms with E-state index in [2.05, 4.69) is 20.4 Å². The molecule has 0 spiro atoms. The molecule has 1 aliphatic carbocycles. The number of phenols is 1. The Kier molecular flexibility index (Phi) is 4.98. The monoisotopic (exact) mass is 465 g/mol. The minimum Gasteiger partial charge on any atom is -0.507 e. The number of phenolic OH excluding ortho intramolecular Hbond substituents is 1. The molecule has 1 amide bonds.